The molecular weight excluding hydrogens is 417 g/mol. The van der Waals surface area contributed by atoms with Gasteiger partial charge in [0.05, 0.1) is 24.6 Å². The van der Waals surface area contributed by atoms with Gasteiger partial charge in [-0.25, -0.2) is 4.39 Å². The van der Waals surface area contributed by atoms with Crippen LogP contribution in [0.15, 0.2) is 18.5 Å². The number of carbonyl (C=O) groups is 3. The molecule has 1 aromatic rings. The van der Waals surface area contributed by atoms with E-state index in [1.807, 2.05) is 0 Å². The number of carboxylic acids is 1. The molecule has 2 N–H and O–H groups in total. The van der Waals surface area contributed by atoms with Gasteiger partial charge in [0.2, 0.25) is 11.8 Å². The van der Waals surface area contributed by atoms with Crippen LogP contribution < -0.4 is 10.1 Å². The minimum Gasteiger partial charge on any atom is -0.489 e. The fraction of sp³-hybridized carbons (Fsp3) is 0.652. The molecule has 0 saturated carbocycles. The number of nitrogens with one attached hydrogen (secondary N) is 1. The van der Waals surface area contributed by atoms with Crippen LogP contribution in [-0.4, -0.2) is 59.6 Å². The molecule has 1 heterocycles. The van der Waals surface area contributed by atoms with Crippen molar-refractivity contribution in [3.8, 4) is 5.75 Å². The van der Waals surface area contributed by atoms with Crippen molar-refractivity contribution in [1.29, 1.82) is 0 Å². The zero-order valence-corrected chi connectivity index (χ0v) is 19.5. The maximum atomic E-state index is 12.7. The molecule has 0 radical (unpaired) electrons. The minimum atomic E-state index is -1.09. The lowest BCUT2D eigenvalue weighted by molar-refractivity contribution is -0.138. The number of carbonyl (C=O) groups excluding carboxylic acids is 2. The zero-order valence-electron chi connectivity index (χ0n) is 19.5. The van der Waals surface area contributed by atoms with Gasteiger partial charge in [-0.2, -0.15) is 0 Å². The molecule has 0 aliphatic rings. The summed E-state index contributed by atoms with van der Waals surface area (Å²) in [6.45, 7) is 5.35. The van der Waals surface area contributed by atoms with Gasteiger partial charge in [-0.05, 0) is 24.0 Å². The number of ether oxygens (including phenoxy) is 1. The van der Waals surface area contributed by atoms with Gasteiger partial charge in [0.1, 0.15) is 19.0 Å². The number of hydrogen-bond acceptors (Lipinski definition) is 5. The average molecular weight is 454 g/mol. The largest absolute Gasteiger partial charge is 0.489 e. The van der Waals surface area contributed by atoms with E-state index in [4.69, 9.17) is 4.74 Å². The highest BCUT2D eigenvalue weighted by Crippen LogP contribution is 2.21. The summed E-state index contributed by atoms with van der Waals surface area (Å²) in [7, 11) is 1.67. The molecule has 3 unspecified atom stereocenters. The maximum Gasteiger partial charge on any atom is 0.305 e. The van der Waals surface area contributed by atoms with E-state index in [-0.39, 0.29) is 31.4 Å². The van der Waals surface area contributed by atoms with Gasteiger partial charge in [0.15, 0.2) is 0 Å². The van der Waals surface area contributed by atoms with E-state index in [2.05, 4.69) is 24.1 Å². The Balaban J connectivity index is 2.73. The minimum absolute atomic E-state index is 0.0170. The second-order valence-corrected chi connectivity index (χ2v) is 8.26. The Labute approximate surface area is 189 Å². The standard InChI is InChI=1S/C23H36FN3O5/c1-5-6-16(2)7-8-21(28)27(4)15-17(3)23(31)26-20(12-22(29)30)18-11-19(14-25-13-18)32-10-9-24/h11,13-14,16-17,20H,5-10,12,15H2,1-4H3,(H,26,31)(H,29,30). The molecule has 32 heavy (non-hydrogen) atoms. The molecule has 180 valence electrons. The molecule has 1 aromatic heterocycles. The Bertz CT molecular complexity index is 746. The Hall–Kier alpha value is -2.71. The van der Waals surface area contributed by atoms with E-state index in [0.717, 1.165) is 19.3 Å². The topological polar surface area (TPSA) is 109 Å². The van der Waals surface area contributed by atoms with E-state index in [9.17, 15) is 23.9 Å². The van der Waals surface area contributed by atoms with Crippen molar-refractivity contribution < 1.29 is 28.6 Å². The number of aliphatic carboxylic acids is 1. The highest BCUT2D eigenvalue weighted by molar-refractivity contribution is 5.81. The van der Waals surface area contributed by atoms with Crippen LogP contribution in [0.1, 0.15) is 64.5 Å². The zero-order chi connectivity index (χ0) is 24.1. The number of alkyl halides is 1. The summed E-state index contributed by atoms with van der Waals surface area (Å²) in [5.74, 6) is -1.24. The number of halogens is 1. The van der Waals surface area contributed by atoms with E-state index in [0.29, 0.717) is 23.7 Å². The summed E-state index contributed by atoms with van der Waals surface area (Å²) < 4.78 is 17.5. The van der Waals surface area contributed by atoms with Gasteiger partial charge in [0, 0.05) is 26.2 Å². The van der Waals surface area contributed by atoms with E-state index < -0.39 is 24.6 Å². The molecule has 2 amide bonds. The predicted molar refractivity (Wildman–Crippen MR) is 119 cm³/mol. The molecule has 0 aliphatic heterocycles. The Morgan fingerprint density at radius 3 is 2.59 bits per heavy atom. The molecular formula is C23H36FN3O5. The quantitative estimate of drug-likeness (QED) is 0.421. The first-order valence-electron chi connectivity index (χ1n) is 11.1. The Morgan fingerprint density at radius 2 is 1.97 bits per heavy atom. The summed E-state index contributed by atoms with van der Waals surface area (Å²) in [4.78, 5) is 42.0. The van der Waals surface area contributed by atoms with Crippen molar-refractivity contribution in [3.05, 3.63) is 24.0 Å². The van der Waals surface area contributed by atoms with Crippen LogP contribution in [0.3, 0.4) is 0 Å². The number of amides is 2. The number of aromatic nitrogens is 1. The summed E-state index contributed by atoms with van der Waals surface area (Å²) in [5.41, 5.74) is 0.443. The third-order valence-corrected chi connectivity index (χ3v) is 5.23. The number of pyridine rings is 1. The van der Waals surface area contributed by atoms with Gasteiger partial charge >= 0.3 is 5.97 Å². The first kappa shape index (κ1) is 27.3. The lowest BCUT2D eigenvalue weighted by Crippen LogP contribution is -2.40. The SMILES string of the molecule is CCCC(C)CCC(=O)N(C)CC(C)C(=O)NC(CC(=O)O)c1cncc(OCCF)c1. The van der Waals surface area contributed by atoms with E-state index in [1.165, 1.54) is 18.5 Å². The van der Waals surface area contributed by atoms with Crippen molar-refractivity contribution in [2.24, 2.45) is 11.8 Å². The van der Waals surface area contributed by atoms with Gasteiger partial charge in [-0.3, -0.25) is 19.4 Å². The monoisotopic (exact) mass is 453 g/mol. The lowest BCUT2D eigenvalue weighted by atomic mass is 10.00. The van der Waals surface area contributed by atoms with Crippen LogP contribution in [0.5, 0.6) is 5.75 Å². The molecule has 3 atom stereocenters. The highest BCUT2D eigenvalue weighted by Gasteiger charge is 2.24. The van der Waals surface area contributed by atoms with Gasteiger partial charge in [0.25, 0.3) is 0 Å². The number of carboxylic acid groups (broad SMARTS) is 1. The van der Waals surface area contributed by atoms with Gasteiger partial charge in [-0.1, -0.05) is 33.6 Å². The summed E-state index contributed by atoms with van der Waals surface area (Å²) in [6, 6.07) is 0.703. The van der Waals surface area contributed by atoms with E-state index in [1.54, 1.807) is 18.9 Å². The molecule has 1 rings (SSSR count). The van der Waals surface area contributed by atoms with Gasteiger partial charge in [-0.15, -0.1) is 0 Å². The van der Waals surface area contributed by atoms with Crippen molar-refractivity contribution in [1.82, 2.24) is 15.2 Å². The summed E-state index contributed by atoms with van der Waals surface area (Å²) in [6.07, 6.45) is 5.89. The molecule has 0 saturated heterocycles. The van der Waals surface area contributed by atoms with Crippen molar-refractivity contribution >= 4 is 17.8 Å². The average Bonchev–Trinajstić information content (AvgIpc) is 2.75. The smallest absolute Gasteiger partial charge is 0.305 e. The highest BCUT2D eigenvalue weighted by atomic mass is 19.1. The predicted octanol–water partition coefficient (Wildman–Crippen LogP) is 3.37. The number of rotatable bonds is 15. The molecule has 0 bridgehead atoms. The van der Waals surface area contributed by atoms with Crippen LogP contribution >= 0.6 is 0 Å². The van der Waals surface area contributed by atoms with Crippen LogP contribution in [0.2, 0.25) is 0 Å². The normalized spacial score (nSPS) is 13.7. The molecule has 0 aliphatic carbocycles. The number of hydrogen-bond donors (Lipinski definition) is 2. The second-order valence-electron chi connectivity index (χ2n) is 8.26. The lowest BCUT2D eigenvalue weighted by Gasteiger charge is -2.24. The van der Waals surface area contributed by atoms with Crippen molar-refractivity contribution in [2.45, 2.75) is 58.9 Å². The fourth-order valence-corrected chi connectivity index (χ4v) is 3.40. The van der Waals surface area contributed by atoms with E-state index >= 15 is 0 Å². The molecule has 0 aromatic carbocycles. The third-order valence-electron chi connectivity index (χ3n) is 5.23. The first-order valence-corrected chi connectivity index (χ1v) is 11.1. The molecule has 0 fully saturated rings. The number of nitrogens with zero attached hydrogens (tertiary/aromatic N) is 2. The van der Waals surface area contributed by atoms with Crippen LogP contribution in [0.4, 0.5) is 4.39 Å². The van der Waals surface area contributed by atoms with Crippen LogP contribution in [0.25, 0.3) is 0 Å². The molecule has 9 heteroatoms. The molecule has 8 nitrogen and oxygen atoms in total. The summed E-state index contributed by atoms with van der Waals surface area (Å²) >= 11 is 0. The van der Waals surface area contributed by atoms with Gasteiger partial charge < -0.3 is 20.1 Å². The molecule has 0 spiro atoms. The van der Waals surface area contributed by atoms with Crippen molar-refractivity contribution in [3.63, 3.8) is 0 Å². The van der Waals surface area contributed by atoms with Crippen molar-refractivity contribution in [2.75, 3.05) is 26.9 Å². The van der Waals surface area contributed by atoms with Crippen LogP contribution in [0, 0.1) is 11.8 Å². The Kier molecular flexibility index (Phi) is 12.3. The fourth-order valence-electron chi connectivity index (χ4n) is 3.40. The summed E-state index contributed by atoms with van der Waals surface area (Å²) in [5, 5.41) is 12.0. The maximum absolute atomic E-state index is 12.7. The van der Waals surface area contributed by atoms with Crippen LogP contribution in [-0.2, 0) is 14.4 Å². The third kappa shape index (κ3) is 10.1. The Morgan fingerprint density at radius 1 is 1.25 bits per heavy atom. The first-order chi connectivity index (χ1) is 15.2. The second kappa shape index (κ2) is 14.4.